The van der Waals surface area contributed by atoms with Gasteiger partial charge >= 0.3 is 6.09 Å². The second-order valence-electron chi connectivity index (χ2n) is 3.85. The molecule has 0 atom stereocenters. The highest BCUT2D eigenvalue weighted by atomic mass is 16.6. The summed E-state index contributed by atoms with van der Waals surface area (Å²) in [5.74, 6) is -0.381. The minimum absolute atomic E-state index is 0.0981. The first-order valence-corrected chi connectivity index (χ1v) is 5.90. The smallest absolute Gasteiger partial charge is 0.426 e. The molecule has 0 aromatic heterocycles. The topological polar surface area (TPSA) is 106 Å². The number of ether oxygens (including phenoxy) is 2. The summed E-state index contributed by atoms with van der Waals surface area (Å²) in [5, 5.41) is 2.61. The van der Waals surface area contributed by atoms with Crippen molar-refractivity contribution in [3.05, 3.63) is 23.8 Å². The Balaban J connectivity index is 2.00. The predicted molar refractivity (Wildman–Crippen MR) is 68.2 cm³/mol. The Morgan fingerprint density at radius 2 is 2.20 bits per heavy atom. The van der Waals surface area contributed by atoms with Gasteiger partial charge in [-0.2, -0.15) is 0 Å². The van der Waals surface area contributed by atoms with E-state index in [9.17, 15) is 14.4 Å². The van der Waals surface area contributed by atoms with Gasteiger partial charge in [-0.3, -0.25) is 15.0 Å². The third kappa shape index (κ3) is 3.16. The molecule has 1 aliphatic heterocycles. The van der Waals surface area contributed by atoms with E-state index in [2.05, 4.69) is 20.9 Å². The van der Waals surface area contributed by atoms with Gasteiger partial charge in [0.2, 0.25) is 0 Å². The summed E-state index contributed by atoms with van der Waals surface area (Å²) in [5.41, 5.74) is 5.06. The lowest BCUT2D eigenvalue weighted by atomic mass is 10.1. The first-order chi connectivity index (χ1) is 9.60. The number of hydrogen-bond acceptors (Lipinski definition) is 5. The van der Waals surface area contributed by atoms with Crippen LogP contribution in [0.2, 0.25) is 0 Å². The summed E-state index contributed by atoms with van der Waals surface area (Å²) < 4.78 is 9.78. The zero-order chi connectivity index (χ0) is 14.5. The molecule has 0 fully saturated rings. The number of fused-ring (bicyclic) bond motifs is 1. The number of rotatable bonds is 2. The average Bonchev–Trinajstić information content (AvgIpc) is 2.44. The largest absolute Gasteiger partial charge is 0.482 e. The molecule has 0 bridgehead atoms. The molecule has 106 valence electrons. The molecule has 0 aliphatic carbocycles. The van der Waals surface area contributed by atoms with Crippen LogP contribution in [-0.4, -0.2) is 31.1 Å². The molecule has 0 saturated carbocycles. The summed E-state index contributed by atoms with van der Waals surface area (Å²) in [6.45, 7) is 1.75. The SMILES string of the molecule is CCOC(=O)NNC(=O)c1ccc2c(c1)OCC(=O)N2. The monoisotopic (exact) mass is 279 g/mol. The number of benzene rings is 1. The van der Waals surface area contributed by atoms with E-state index in [4.69, 9.17) is 4.74 Å². The lowest BCUT2D eigenvalue weighted by molar-refractivity contribution is -0.118. The Morgan fingerprint density at radius 3 is 2.95 bits per heavy atom. The fourth-order valence-corrected chi connectivity index (χ4v) is 1.56. The highest BCUT2D eigenvalue weighted by molar-refractivity contribution is 5.99. The van der Waals surface area contributed by atoms with Gasteiger partial charge in [-0.05, 0) is 25.1 Å². The lowest BCUT2D eigenvalue weighted by Gasteiger charge is -2.18. The average molecular weight is 279 g/mol. The van der Waals surface area contributed by atoms with Crippen molar-refractivity contribution in [2.75, 3.05) is 18.5 Å². The van der Waals surface area contributed by atoms with Crippen LogP contribution in [0.1, 0.15) is 17.3 Å². The number of amides is 3. The number of anilines is 1. The Hall–Kier alpha value is -2.77. The summed E-state index contributed by atoms with van der Waals surface area (Å²) in [6.07, 6.45) is -0.748. The molecule has 1 aromatic rings. The molecule has 0 spiro atoms. The Morgan fingerprint density at radius 1 is 1.40 bits per heavy atom. The zero-order valence-electron chi connectivity index (χ0n) is 10.7. The highest BCUT2D eigenvalue weighted by Gasteiger charge is 2.18. The van der Waals surface area contributed by atoms with Crippen molar-refractivity contribution in [1.82, 2.24) is 10.9 Å². The summed E-state index contributed by atoms with van der Waals surface area (Å²) in [7, 11) is 0. The van der Waals surface area contributed by atoms with E-state index in [-0.39, 0.29) is 24.7 Å². The summed E-state index contributed by atoms with van der Waals surface area (Å²) >= 11 is 0. The third-order valence-corrected chi connectivity index (χ3v) is 2.43. The van der Waals surface area contributed by atoms with Crippen LogP contribution in [0.5, 0.6) is 5.75 Å². The first-order valence-electron chi connectivity index (χ1n) is 5.90. The number of hydrogen-bond donors (Lipinski definition) is 3. The van der Waals surface area contributed by atoms with Gasteiger partial charge < -0.3 is 14.8 Å². The van der Waals surface area contributed by atoms with Crippen LogP contribution in [0.4, 0.5) is 10.5 Å². The van der Waals surface area contributed by atoms with Crippen molar-refractivity contribution in [2.24, 2.45) is 0 Å². The van der Waals surface area contributed by atoms with Gasteiger partial charge in [-0.1, -0.05) is 0 Å². The van der Waals surface area contributed by atoms with E-state index in [0.29, 0.717) is 11.4 Å². The van der Waals surface area contributed by atoms with Gasteiger partial charge in [-0.25, -0.2) is 10.2 Å². The first kappa shape index (κ1) is 13.7. The van der Waals surface area contributed by atoms with Gasteiger partial charge in [0.15, 0.2) is 6.61 Å². The molecule has 1 aromatic carbocycles. The van der Waals surface area contributed by atoms with Crippen molar-refractivity contribution in [2.45, 2.75) is 6.92 Å². The van der Waals surface area contributed by atoms with Crippen LogP contribution in [-0.2, 0) is 9.53 Å². The van der Waals surface area contributed by atoms with Crippen LogP contribution in [0.3, 0.4) is 0 Å². The van der Waals surface area contributed by atoms with E-state index < -0.39 is 12.0 Å². The number of carbonyl (C=O) groups excluding carboxylic acids is 3. The van der Waals surface area contributed by atoms with Crippen molar-refractivity contribution in [3.8, 4) is 5.75 Å². The minimum atomic E-state index is -0.748. The molecule has 0 radical (unpaired) electrons. The number of hydrazine groups is 1. The lowest BCUT2D eigenvalue weighted by Crippen LogP contribution is -2.42. The Bertz CT molecular complexity index is 558. The molecule has 0 unspecified atom stereocenters. The molecule has 0 saturated heterocycles. The van der Waals surface area contributed by atoms with Crippen LogP contribution >= 0.6 is 0 Å². The summed E-state index contributed by atoms with van der Waals surface area (Å²) in [6, 6.07) is 4.51. The van der Waals surface area contributed by atoms with Gasteiger partial charge in [0.05, 0.1) is 12.3 Å². The number of nitrogens with one attached hydrogen (secondary N) is 3. The standard InChI is InChI=1S/C12H13N3O5/c1-2-19-12(18)15-14-11(17)7-3-4-8-9(5-7)20-6-10(16)13-8/h3-5H,2,6H2,1H3,(H,13,16)(H,14,17)(H,15,18). The summed E-state index contributed by atoms with van der Waals surface area (Å²) in [4.78, 5) is 33.9. The van der Waals surface area contributed by atoms with Crippen LogP contribution in [0.25, 0.3) is 0 Å². The zero-order valence-corrected chi connectivity index (χ0v) is 10.7. The fraction of sp³-hybridized carbons (Fsp3) is 0.250. The van der Waals surface area contributed by atoms with Crippen LogP contribution in [0, 0.1) is 0 Å². The van der Waals surface area contributed by atoms with Crippen molar-refractivity contribution in [1.29, 1.82) is 0 Å². The molecule has 3 amide bonds. The van der Waals surface area contributed by atoms with Crippen LogP contribution in [0.15, 0.2) is 18.2 Å². The Labute approximate surface area is 114 Å². The number of carbonyl (C=O) groups is 3. The Kier molecular flexibility index (Phi) is 4.04. The molecule has 2 rings (SSSR count). The quantitative estimate of drug-likeness (QED) is 0.680. The fourth-order valence-electron chi connectivity index (χ4n) is 1.56. The molecular weight excluding hydrogens is 266 g/mol. The second kappa shape index (κ2) is 5.91. The van der Waals surface area contributed by atoms with E-state index in [1.165, 1.54) is 12.1 Å². The predicted octanol–water partition coefficient (Wildman–Crippen LogP) is 0.408. The molecule has 8 nitrogen and oxygen atoms in total. The van der Waals surface area contributed by atoms with Crippen molar-refractivity contribution in [3.63, 3.8) is 0 Å². The maximum Gasteiger partial charge on any atom is 0.426 e. The van der Waals surface area contributed by atoms with Gasteiger partial charge in [0.1, 0.15) is 5.75 Å². The van der Waals surface area contributed by atoms with Gasteiger partial charge in [-0.15, -0.1) is 0 Å². The normalized spacial score (nSPS) is 12.6. The second-order valence-corrected chi connectivity index (χ2v) is 3.85. The van der Waals surface area contributed by atoms with E-state index in [1.807, 2.05) is 0 Å². The van der Waals surface area contributed by atoms with E-state index in [1.54, 1.807) is 13.0 Å². The van der Waals surface area contributed by atoms with Gasteiger partial charge in [0.25, 0.3) is 11.8 Å². The molecular formula is C12H13N3O5. The maximum atomic E-state index is 11.8. The van der Waals surface area contributed by atoms with Crippen LogP contribution < -0.4 is 20.9 Å². The third-order valence-electron chi connectivity index (χ3n) is 2.43. The molecule has 1 heterocycles. The minimum Gasteiger partial charge on any atom is -0.482 e. The van der Waals surface area contributed by atoms with E-state index in [0.717, 1.165) is 0 Å². The molecule has 3 N–H and O–H groups in total. The highest BCUT2D eigenvalue weighted by Crippen LogP contribution is 2.28. The van der Waals surface area contributed by atoms with Crippen molar-refractivity contribution < 1.29 is 23.9 Å². The van der Waals surface area contributed by atoms with Crippen molar-refractivity contribution >= 4 is 23.6 Å². The molecule has 20 heavy (non-hydrogen) atoms. The molecule has 8 heteroatoms. The van der Waals surface area contributed by atoms with E-state index >= 15 is 0 Å². The molecule has 1 aliphatic rings. The van der Waals surface area contributed by atoms with Gasteiger partial charge in [0, 0.05) is 5.56 Å². The maximum absolute atomic E-state index is 11.8.